The molecule has 16 nitrogen and oxygen atoms in total. The van der Waals surface area contributed by atoms with Crippen LogP contribution in [-0.2, 0) is 9.59 Å². The highest BCUT2D eigenvalue weighted by atomic mass is 16.5. The molecule has 6 heterocycles. The van der Waals surface area contributed by atoms with Crippen molar-refractivity contribution < 1.29 is 28.7 Å². The molecule has 0 radical (unpaired) electrons. The molecule has 2 aromatic heterocycles. The lowest BCUT2D eigenvalue weighted by molar-refractivity contribution is -0.136. The topological polar surface area (TPSA) is 184 Å². The van der Waals surface area contributed by atoms with Gasteiger partial charge in [0.1, 0.15) is 29.8 Å². The van der Waals surface area contributed by atoms with E-state index in [1.165, 1.54) is 0 Å². The fraction of sp³-hybridized carbons (Fsp3) is 0.435. The molecule has 6 amide bonds. The third-order valence-corrected chi connectivity index (χ3v) is 13.3. The molecule has 2 N–H and O–H groups in total. The van der Waals surface area contributed by atoms with Crippen LogP contribution in [0.1, 0.15) is 85.6 Å². The number of piperazine rings is 1. The van der Waals surface area contributed by atoms with Gasteiger partial charge in [-0.2, -0.15) is 5.26 Å². The van der Waals surface area contributed by atoms with Crippen molar-refractivity contribution in [1.82, 2.24) is 30.0 Å². The second kappa shape index (κ2) is 16.7. The number of nitrogens with zero attached hydrogens (tertiary/aromatic N) is 8. The predicted octanol–water partition coefficient (Wildman–Crippen LogP) is 4.93. The van der Waals surface area contributed by atoms with Crippen LogP contribution in [0.25, 0.3) is 10.9 Å². The summed E-state index contributed by atoms with van der Waals surface area (Å²) in [4.78, 5) is 83.2. The normalized spacial score (nSPS) is 24.2. The molecule has 0 bridgehead atoms. The molecule has 0 spiro atoms. The van der Waals surface area contributed by atoms with Crippen LogP contribution in [-0.4, -0.2) is 123 Å². The lowest BCUT2D eigenvalue weighted by atomic mass is 9.85. The highest BCUT2D eigenvalue weighted by Crippen LogP contribution is 2.37. The first-order chi connectivity index (χ1) is 30.0. The van der Waals surface area contributed by atoms with Crippen molar-refractivity contribution in [2.75, 3.05) is 47.8 Å². The van der Waals surface area contributed by atoms with Crippen molar-refractivity contribution in [2.24, 2.45) is 0 Å². The first kappa shape index (κ1) is 40.8. The van der Waals surface area contributed by atoms with Crippen LogP contribution in [0.5, 0.6) is 5.75 Å². The minimum atomic E-state index is -1.00. The van der Waals surface area contributed by atoms with E-state index in [9.17, 15) is 29.2 Å². The molecule has 16 heteroatoms. The molecule has 1 saturated carbocycles. The molecule has 3 atom stereocenters. The molecule has 320 valence electrons. The fourth-order valence-corrected chi connectivity index (χ4v) is 9.95. The lowest BCUT2D eigenvalue weighted by Gasteiger charge is -2.48. The zero-order valence-electron chi connectivity index (χ0n) is 35.1. The van der Waals surface area contributed by atoms with Gasteiger partial charge in [-0.15, -0.1) is 0 Å². The number of carbonyl (C=O) groups excluding carboxylic acids is 5. The van der Waals surface area contributed by atoms with Crippen LogP contribution in [0.2, 0.25) is 0 Å². The molecular formula is C46H50N10O6. The van der Waals surface area contributed by atoms with E-state index in [4.69, 9.17) is 9.72 Å². The van der Waals surface area contributed by atoms with E-state index in [0.29, 0.717) is 47.7 Å². The average Bonchev–Trinajstić information content (AvgIpc) is 3.51. The molecule has 1 aliphatic carbocycles. The number of piperidine rings is 2. The number of hydrogen-bond donors (Lipinski definition) is 2. The molecule has 5 aliphatic rings. The van der Waals surface area contributed by atoms with Gasteiger partial charge >= 0.3 is 6.03 Å². The number of urea groups is 1. The molecule has 4 aliphatic heterocycles. The van der Waals surface area contributed by atoms with Gasteiger partial charge < -0.3 is 24.8 Å². The number of nitrogens with one attached hydrogen (secondary N) is 2. The molecular weight excluding hydrogens is 789 g/mol. The second-order valence-electron chi connectivity index (χ2n) is 17.0. The summed E-state index contributed by atoms with van der Waals surface area (Å²) >= 11 is 0. The number of benzene rings is 2. The van der Waals surface area contributed by atoms with Crippen LogP contribution in [0.15, 0.2) is 67.0 Å². The maximum Gasteiger partial charge on any atom is 0.322 e. The van der Waals surface area contributed by atoms with Gasteiger partial charge in [0.05, 0.1) is 34.1 Å². The van der Waals surface area contributed by atoms with Crippen LogP contribution in [0.4, 0.5) is 22.0 Å². The number of hydrogen-bond acceptors (Lipinski definition) is 12. The van der Waals surface area contributed by atoms with Crippen molar-refractivity contribution in [3.63, 3.8) is 0 Å². The Labute approximate surface area is 359 Å². The first-order valence-corrected chi connectivity index (χ1v) is 21.6. The van der Waals surface area contributed by atoms with Crippen LogP contribution < -0.4 is 25.2 Å². The maximum absolute atomic E-state index is 13.6. The van der Waals surface area contributed by atoms with Crippen molar-refractivity contribution >= 4 is 57.8 Å². The summed E-state index contributed by atoms with van der Waals surface area (Å²) in [6, 6.07) is 18.3. The number of ether oxygens (including phenoxy) is 1. The monoisotopic (exact) mass is 838 g/mol. The van der Waals surface area contributed by atoms with E-state index in [1.807, 2.05) is 41.3 Å². The summed E-state index contributed by atoms with van der Waals surface area (Å²) in [5.74, 6) is -0.710. The van der Waals surface area contributed by atoms with Gasteiger partial charge in [0.25, 0.3) is 11.8 Å². The Morgan fingerprint density at radius 1 is 0.935 bits per heavy atom. The first-order valence-electron chi connectivity index (χ1n) is 21.6. The van der Waals surface area contributed by atoms with Gasteiger partial charge in [-0.25, -0.2) is 9.78 Å². The Balaban J connectivity index is 0.740. The van der Waals surface area contributed by atoms with E-state index < -0.39 is 29.7 Å². The number of amides is 6. The average molecular weight is 839 g/mol. The summed E-state index contributed by atoms with van der Waals surface area (Å²) in [6.45, 7) is 10.2. The SMILES string of the molecule is CCN(C1CCN(c2ccc(NC(=O)N3C[C@H](C)N(c4ccc(C#N)c5ncccc45)C[C@H]3C)cn2)CC1)[C@H]1C[C@H](Oc2ccc3c(c2)C(=O)N(C2CCC(=O)NC2=O)C3=O)C1. The summed E-state index contributed by atoms with van der Waals surface area (Å²) in [5, 5.41) is 15.8. The standard InChI is InChI=1S/C46H50N10O6/c1-4-53(32-20-34(21-32)62-33-9-10-35-37(22-33)45(60)56(44(35)59)39-12-14-41(57)51-43(39)58)31-15-18-52(19-16-31)40-13-8-30(24-49-40)50-46(61)55-26-27(2)54(25-28(55)3)38-11-7-29(23-47)42-36(38)6-5-17-48-42/h5-11,13,17,22,24,27-28,31-32,34,39H,4,12,14-16,18-21,25-26H2,1-3H3,(H,50,61)(H,51,57,58)/t27-,28+,32-,34-,39?/m0/s1. The smallest absolute Gasteiger partial charge is 0.322 e. The molecule has 3 saturated heterocycles. The van der Waals surface area contributed by atoms with Gasteiger partial charge in [0.2, 0.25) is 11.8 Å². The highest BCUT2D eigenvalue weighted by molar-refractivity contribution is 6.23. The number of nitriles is 1. The third-order valence-electron chi connectivity index (χ3n) is 13.3. The number of anilines is 3. The number of carbonyl (C=O) groups is 5. The van der Waals surface area contributed by atoms with E-state index >= 15 is 0 Å². The van der Waals surface area contributed by atoms with E-state index in [1.54, 1.807) is 30.6 Å². The Hall–Kier alpha value is -6.60. The minimum Gasteiger partial charge on any atom is -0.490 e. The van der Waals surface area contributed by atoms with Gasteiger partial charge in [-0.3, -0.25) is 39.3 Å². The highest BCUT2D eigenvalue weighted by Gasteiger charge is 2.45. The summed E-state index contributed by atoms with van der Waals surface area (Å²) in [6.07, 6.45) is 7.31. The number of aromatic nitrogens is 2. The van der Waals surface area contributed by atoms with E-state index in [2.05, 4.69) is 57.2 Å². The zero-order chi connectivity index (χ0) is 43.2. The number of imide groups is 2. The molecule has 4 fully saturated rings. The van der Waals surface area contributed by atoms with E-state index in [-0.39, 0.29) is 48.2 Å². The summed E-state index contributed by atoms with van der Waals surface area (Å²) < 4.78 is 6.29. The van der Waals surface area contributed by atoms with Crippen molar-refractivity contribution in [3.8, 4) is 11.8 Å². The second-order valence-corrected chi connectivity index (χ2v) is 17.0. The largest absolute Gasteiger partial charge is 0.490 e. The summed E-state index contributed by atoms with van der Waals surface area (Å²) in [5.41, 5.74) is 3.34. The third kappa shape index (κ3) is 7.55. The molecule has 4 aromatic rings. The fourth-order valence-electron chi connectivity index (χ4n) is 9.95. The van der Waals surface area contributed by atoms with E-state index in [0.717, 1.165) is 67.1 Å². The van der Waals surface area contributed by atoms with Crippen molar-refractivity contribution in [3.05, 3.63) is 83.7 Å². The van der Waals surface area contributed by atoms with Crippen LogP contribution in [0.3, 0.4) is 0 Å². The minimum absolute atomic E-state index is 0.0162. The number of fused-ring (bicyclic) bond motifs is 2. The molecule has 62 heavy (non-hydrogen) atoms. The lowest BCUT2D eigenvalue weighted by Crippen LogP contribution is -2.59. The Bertz CT molecular complexity index is 2480. The Morgan fingerprint density at radius 3 is 2.45 bits per heavy atom. The van der Waals surface area contributed by atoms with Crippen LogP contribution >= 0.6 is 0 Å². The van der Waals surface area contributed by atoms with Crippen LogP contribution in [0, 0.1) is 11.3 Å². The van der Waals surface area contributed by atoms with Gasteiger partial charge in [-0.05, 0) is 94.3 Å². The number of pyridine rings is 2. The molecule has 2 aromatic carbocycles. The zero-order valence-corrected chi connectivity index (χ0v) is 35.1. The van der Waals surface area contributed by atoms with Gasteiger partial charge in [0.15, 0.2) is 0 Å². The van der Waals surface area contributed by atoms with Crippen molar-refractivity contribution in [2.45, 2.75) is 95.6 Å². The quantitative estimate of drug-likeness (QED) is 0.217. The van der Waals surface area contributed by atoms with Gasteiger partial charge in [0, 0.05) is 86.9 Å². The number of rotatable bonds is 9. The Kier molecular flexibility index (Phi) is 11.0. The molecule has 1 unspecified atom stereocenters. The predicted molar refractivity (Wildman–Crippen MR) is 231 cm³/mol. The molecule has 9 rings (SSSR count). The Morgan fingerprint density at radius 2 is 1.73 bits per heavy atom. The van der Waals surface area contributed by atoms with Gasteiger partial charge in [-0.1, -0.05) is 6.92 Å². The maximum atomic E-state index is 13.6. The summed E-state index contributed by atoms with van der Waals surface area (Å²) in [7, 11) is 0. The van der Waals surface area contributed by atoms with Crippen molar-refractivity contribution in [1.29, 1.82) is 5.26 Å².